The van der Waals surface area contributed by atoms with E-state index in [2.05, 4.69) is 12.2 Å². The Morgan fingerprint density at radius 1 is 1.31 bits per heavy atom. The van der Waals surface area contributed by atoms with E-state index in [-0.39, 0.29) is 0 Å². The summed E-state index contributed by atoms with van der Waals surface area (Å²) in [6, 6.07) is 4.08. The third-order valence-electron chi connectivity index (χ3n) is 2.63. The van der Waals surface area contributed by atoms with Crippen molar-refractivity contribution in [3.05, 3.63) is 23.3 Å². The van der Waals surface area contributed by atoms with Crippen molar-refractivity contribution in [2.24, 2.45) is 0 Å². The number of rotatable bonds is 5. The molecule has 0 fully saturated rings. The first-order valence-corrected chi connectivity index (χ1v) is 6.00. The fraction of sp³-hybridized carbons (Fsp3) is 0.500. The molecule has 0 radical (unpaired) electrons. The van der Waals surface area contributed by atoms with Crippen LogP contribution in [0.2, 0.25) is 0 Å². The van der Waals surface area contributed by atoms with E-state index in [0.717, 1.165) is 31.0 Å². The smallest absolute Gasteiger partial charge is 0.231 e. The maximum atomic E-state index is 5.61. The summed E-state index contributed by atoms with van der Waals surface area (Å²) in [7, 11) is 0. The Morgan fingerprint density at radius 3 is 2.81 bits per heavy atom. The number of halogens is 1. The lowest BCUT2D eigenvalue weighted by atomic mass is 10.1. The number of alkyl halides is 1. The molecule has 1 aliphatic rings. The summed E-state index contributed by atoms with van der Waals surface area (Å²) in [5.74, 6) is 2.40. The molecular formula is C12H16ClNO2. The van der Waals surface area contributed by atoms with Crippen LogP contribution < -0.4 is 14.8 Å². The van der Waals surface area contributed by atoms with Crippen LogP contribution in [-0.4, -0.2) is 19.2 Å². The zero-order valence-corrected chi connectivity index (χ0v) is 10.1. The molecule has 3 nitrogen and oxygen atoms in total. The van der Waals surface area contributed by atoms with Crippen molar-refractivity contribution < 1.29 is 9.47 Å². The molecule has 1 aliphatic heterocycles. The zero-order chi connectivity index (χ0) is 11.4. The van der Waals surface area contributed by atoms with Crippen LogP contribution in [-0.2, 0) is 6.54 Å². The molecule has 0 unspecified atom stereocenters. The summed E-state index contributed by atoms with van der Waals surface area (Å²) < 4.78 is 10.7. The van der Waals surface area contributed by atoms with Gasteiger partial charge in [-0.25, -0.2) is 0 Å². The highest BCUT2D eigenvalue weighted by molar-refractivity contribution is 6.17. The Morgan fingerprint density at radius 2 is 2.06 bits per heavy atom. The summed E-state index contributed by atoms with van der Waals surface area (Å²) in [6.45, 7) is 4.20. The van der Waals surface area contributed by atoms with Gasteiger partial charge in [-0.3, -0.25) is 0 Å². The van der Waals surface area contributed by atoms with Crippen LogP contribution in [0.25, 0.3) is 0 Å². The monoisotopic (exact) mass is 241 g/mol. The van der Waals surface area contributed by atoms with E-state index in [4.69, 9.17) is 21.1 Å². The van der Waals surface area contributed by atoms with E-state index < -0.39 is 0 Å². The quantitative estimate of drug-likeness (QED) is 0.635. The van der Waals surface area contributed by atoms with Gasteiger partial charge in [-0.1, -0.05) is 0 Å². The molecule has 0 bridgehead atoms. The molecule has 4 heteroatoms. The second-order valence-electron chi connectivity index (χ2n) is 3.85. The number of aryl methyl sites for hydroxylation is 1. The van der Waals surface area contributed by atoms with Gasteiger partial charge in [0.1, 0.15) is 0 Å². The van der Waals surface area contributed by atoms with Crippen LogP contribution in [0.1, 0.15) is 17.5 Å². The van der Waals surface area contributed by atoms with Crippen LogP contribution in [0.4, 0.5) is 0 Å². The second kappa shape index (κ2) is 5.41. The van der Waals surface area contributed by atoms with Gasteiger partial charge in [0.15, 0.2) is 11.5 Å². The van der Waals surface area contributed by atoms with Gasteiger partial charge < -0.3 is 14.8 Å². The van der Waals surface area contributed by atoms with Gasteiger partial charge in [0.2, 0.25) is 6.79 Å². The Bertz CT molecular complexity index is 368. The SMILES string of the molecule is Cc1cc2c(cc1CNCCCCl)OCO2. The molecular weight excluding hydrogens is 226 g/mol. The van der Waals surface area contributed by atoms with Crippen molar-refractivity contribution >= 4 is 11.6 Å². The van der Waals surface area contributed by atoms with Crippen molar-refractivity contribution in [2.75, 3.05) is 19.2 Å². The van der Waals surface area contributed by atoms with E-state index in [1.54, 1.807) is 0 Å². The molecule has 1 N–H and O–H groups in total. The lowest BCUT2D eigenvalue weighted by Crippen LogP contribution is -2.15. The molecule has 0 saturated heterocycles. The highest BCUT2D eigenvalue weighted by atomic mass is 35.5. The summed E-state index contributed by atoms with van der Waals surface area (Å²) in [5.41, 5.74) is 2.47. The van der Waals surface area contributed by atoms with E-state index in [1.165, 1.54) is 11.1 Å². The highest BCUT2D eigenvalue weighted by Crippen LogP contribution is 2.34. The van der Waals surface area contributed by atoms with Gasteiger partial charge in [-0.05, 0) is 43.1 Å². The molecule has 0 saturated carbocycles. The summed E-state index contributed by atoms with van der Waals surface area (Å²) in [4.78, 5) is 0. The van der Waals surface area contributed by atoms with E-state index in [1.807, 2.05) is 12.1 Å². The summed E-state index contributed by atoms with van der Waals surface area (Å²) in [5, 5.41) is 3.35. The first-order valence-electron chi connectivity index (χ1n) is 5.47. The molecule has 0 atom stereocenters. The van der Waals surface area contributed by atoms with Crippen LogP contribution in [0, 0.1) is 6.92 Å². The molecule has 0 aromatic heterocycles. The third-order valence-corrected chi connectivity index (χ3v) is 2.90. The van der Waals surface area contributed by atoms with Crippen molar-refractivity contribution in [1.82, 2.24) is 5.32 Å². The van der Waals surface area contributed by atoms with Gasteiger partial charge in [-0.15, -0.1) is 11.6 Å². The Labute approximate surface area is 101 Å². The molecule has 0 spiro atoms. The normalized spacial score (nSPS) is 13.1. The van der Waals surface area contributed by atoms with Gasteiger partial charge >= 0.3 is 0 Å². The molecule has 0 aliphatic carbocycles. The largest absolute Gasteiger partial charge is 0.454 e. The molecule has 2 rings (SSSR count). The standard InChI is InChI=1S/C12H16ClNO2/c1-9-5-11-12(16-8-15-11)6-10(9)7-14-4-2-3-13/h5-6,14H,2-4,7-8H2,1H3. The van der Waals surface area contributed by atoms with Crippen LogP contribution >= 0.6 is 11.6 Å². The van der Waals surface area contributed by atoms with Crippen LogP contribution in [0.15, 0.2) is 12.1 Å². The predicted octanol–water partition coefficient (Wildman–Crippen LogP) is 2.44. The molecule has 16 heavy (non-hydrogen) atoms. The number of hydrogen-bond donors (Lipinski definition) is 1. The fourth-order valence-electron chi connectivity index (χ4n) is 1.69. The van der Waals surface area contributed by atoms with E-state index >= 15 is 0 Å². The first-order chi connectivity index (χ1) is 7.81. The number of hydrogen-bond acceptors (Lipinski definition) is 3. The number of ether oxygens (including phenoxy) is 2. The summed E-state index contributed by atoms with van der Waals surface area (Å²) >= 11 is 5.61. The average molecular weight is 242 g/mol. The van der Waals surface area contributed by atoms with E-state index in [0.29, 0.717) is 12.7 Å². The topological polar surface area (TPSA) is 30.5 Å². The number of benzene rings is 1. The van der Waals surface area contributed by atoms with Crippen LogP contribution in [0.3, 0.4) is 0 Å². The maximum absolute atomic E-state index is 5.61. The fourth-order valence-corrected chi connectivity index (χ4v) is 1.82. The molecule has 1 heterocycles. The first kappa shape index (κ1) is 11.6. The minimum Gasteiger partial charge on any atom is -0.454 e. The van der Waals surface area contributed by atoms with Gasteiger partial charge in [0.25, 0.3) is 0 Å². The van der Waals surface area contributed by atoms with Crippen LogP contribution in [0.5, 0.6) is 11.5 Å². The van der Waals surface area contributed by atoms with Crippen molar-refractivity contribution in [3.63, 3.8) is 0 Å². The van der Waals surface area contributed by atoms with Gasteiger partial charge in [0, 0.05) is 12.4 Å². The van der Waals surface area contributed by atoms with E-state index in [9.17, 15) is 0 Å². The second-order valence-corrected chi connectivity index (χ2v) is 4.23. The number of fused-ring (bicyclic) bond motifs is 1. The zero-order valence-electron chi connectivity index (χ0n) is 9.38. The predicted molar refractivity (Wildman–Crippen MR) is 64.3 cm³/mol. The lowest BCUT2D eigenvalue weighted by Gasteiger charge is -2.08. The molecule has 1 aromatic carbocycles. The number of nitrogens with one attached hydrogen (secondary N) is 1. The summed E-state index contributed by atoms with van der Waals surface area (Å²) in [6.07, 6.45) is 0.991. The third kappa shape index (κ3) is 2.60. The lowest BCUT2D eigenvalue weighted by molar-refractivity contribution is 0.174. The average Bonchev–Trinajstić information content (AvgIpc) is 2.71. The molecule has 0 amide bonds. The minimum absolute atomic E-state index is 0.331. The van der Waals surface area contributed by atoms with Gasteiger partial charge in [-0.2, -0.15) is 0 Å². The Balaban J connectivity index is 1.98. The van der Waals surface area contributed by atoms with Crippen molar-refractivity contribution in [3.8, 4) is 11.5 Å². The van der Waals surface area contributed by atoms with Gasteiger partial charge in [0.05, 0.1) is 0 Å². The van der Waals surface area contributed by atoms with Crippen molar-refractivity contribution in [2.45, 2.75) is 19.9 Å². The highest BCUT2D eigenvalue weighted by Gasteiger charge is 2.15. The minimum atomic E-state index is 0.331. The Kier molecular flexibility index (Phi) is 3.91. The Hall–Kier alpha value is -0.930. The molecule has 1 aromatic rings. The molecule has 88 valence electrons. The van der Waals surface area contributed by atoms with Crippen molar-refractivity contribution in [1.29, 1.82) is 0 Å². The maximum Gasteiger partial charge on any atom is 0.231 e.